The van der Waals surface area contributed by atoms with Crippen LogP contribution >= 0.6 is 0 Å². The summed E-state index contributed by atoms with van der Waals surface area (Å²) in [5, 5.41) is 0. The van der Waals surface area contributed by atoms with Gasteiger partial charge < -0.3 is 23.7 Å². The molecule has 10 fully saturated rings. The third-order valence-electron chi connectivity index (χ3n) is 25.2. The lowest BCUT2D eigenvalue weighted by atomic mass is 9.63. The quantitative estimate of drug-likeness (QED) is 0.0608. The highest BCUT2D eigenvalue weighted by molar-refractivity contribution is 5.77. The summed E-state index contributed by atoms with van der Waals surface area (Å²) in [7, 11) is 0. The average Bonchev–Trinajstić information content (AvgIpc) is 1.55. The molecule has 0 N–H and O–H groups in total. The van der Waals surface area contributed by atoms with Gasteiger partial charge in [-0.1, -0.05) is 141 Å². The van der Waals surface area contributed by atoms with Gasteiger partial charge in [0, 0.05) is 5.92 Å². The Balaban J connectivity index is 0. The Morgan fingerprint density at radius 1 is 0.420 bits per heavy atom. The summed E-state index contributed by atoms with van der Waals surface area (Å²) in [5.74, 6) is 11.6. The minimum Gasteiger partial charge on any atom is -0.459 e. The summed E-state index contributed by atoms with van der Waals surface area (Å²) in [6.07, 6.45) is 31.0. The lowest BCUT2D eigenvalue weighted by Crippen LogP contribution is -2.52. The van der Waals surface area contributed by atoms with Crippen molar-refractivity contribution < 1.29 is 42.9 Å². The molecule has 524 valence electrons. The zero-order valence-electron chi connectivity index (χ0n) is 54.8. The summed E-state index contributed by atoms with van der Waals surface area (Å²) < 4.78 is 30.1. The molecule has 10 saturated carbocycles. The molecule has 15 atom stereocenters. The SMILES string of the molecule is C.C.C.C.C.C.C.C.CCC(C)(C)C(=O)OC(C)OC1CC2CC1C1C3CCC(C3)C21.CCC(C)(C)C(=O)OC1(C(C)C)CC2CC1C1C3CCC(C3)C21.CCC(C)(C)C(=O)OC1(C(C)C)CCCC1.CCC1(OC(=O)C(C)(C)CC)CCCCCCC1. The molecule has 15 unspecified atom stereocenters. The smallest absolute Gasteiger partial charge is 0.313 e. The number of esters is 4. The Labute approximate surface area is 548 Å². The van der Waals surface area contributed by atoms with Crippen molar-refractivity contribution in [2.45, 2.75) is 380 Å². The molecular weight excluding hydrogens is 1090 g/mol. The number of rotatable bonds is 17. The number of hydrogen-bond acceptors (Lipinski definition) is 9. The molecule has 10 aliphatic rings. The normalized spacial score (nSPS) is 32.2. The van der Waals surface area contributed by atoms with Crippen LogP contribution in [0.4, 0.5) is 0 Å². The second kappa shape index (κ2) is 34.8. The van der Waals surface area contributed by atoms with Crippen molar-refractivity contribution in [2.24, 2.45) is 105 Å². The summed E-state index contributed by atoms with van der Waals surface area (Å²) in [5.41, 5.74) is -1.97. The van der Waals surface area contributed by atoms with Crippen molar-refractivity contribution in [3.05, 3.63) is 0 Å². The highest BCUT2D eigenvalue weighted by Gasteiger charge is 2.69. The summed E-state index contributed by atoms with van der Waals surface area (Å²) in [6, 6.07) is 0. The van der Waals surface area contributed by atoms with Crippen LogP contribution in [-0.2, 0) is 42.9 Å². The van der Waals surface area contributed by atoms with Crippen LogP contribution in [0.5, 0.6) is 0 Å². The first-order valence-electron chi connectivity index (χ1n) is 34.1. The fraction of sp³-hybridized carbons (Fsp3) is 0.949. The molecule has 0 saturated heterocycles. The van der Waals surface area contributed by atoms with E-state index in [9.17, 15) is 19.2 Å². The molecule has 8 bridgehead atoms. The van der Waals surface area contributed by atoms with Crippen molar-refractivity contribution in [2.75, 3.05) is 0 Å². The van der Waals surface area contributed by atoms with Gasteiger partial charge in [-0.25, -0.2) is 0 Å². The van der Waals surface area contributed by atoms with E-state index >= 15 is 0 Å². The zero-order valence-corrected chi connectivity index (χ0v) is 54.8. The molecule has 0 aliphatic heterocycles. The van der Waals surface area contributed by atoms with Gasteiger partial charge in [0.25, 0.3) is 0 Å². The van der Waals surface area contributed by atoms with E-state index in [0.717, 1.165) is 129 Å². The van der Waals surface area contributed by atoms with Gasteiger partial charge in [0.1, 0.15) is 16.8 Å². The number of hydrogen-bond donors (Lipinski definition) is 0. The van der Waals surface area contributed by atoms with E-state index in [0.29, 0.717) is 23.9 Å². The lowest BCUT2D eigenvalue weighted by Gasteiger charge is -2.49. The van der Waals surface area contributed by atoms with E-state index in [1.54, 1.807) is 0 Å². The van der Waals surface area contributed by atoms with Crippen LogP contribution in [-0.4, -0.2) is 53.1 Å². The molecule has 0 radical (unpaired) electrons. The van der Waals surface area contributed by atoms with E-state index in [2.05, 4.69) is 48.5 Å². The number of carbonyl (C=O) groups is 4. The highest BCUT2D eigenvalue weighted by atomic mass is 16.7. The fourth-order valence-electron chi connectivity index (χ4n) is 18.2. The Morgan fingerprint density at radius 3 is 1.26 bits per heavy atom. The first-order valence-corrected chi connectivity index (χ1v) is 34.1. The van der Waals surface area contributed by atoms with E-state index in [4.69, 9.17) is 23.7 Å². The lowest BCUT2D eigenvalue weighted by molar-refractivity contribution is -0.202. The van der Waals surface area contributed by atoms with Gasteiger partial charge in [-0.05, 0) is 287 Å². The fourth-order valence-corrected chi connectivity index (χ4v) is 18.2. The number of ether oxygens (including phenoxy) is 5. The van der Waals surface area contributed by atoms with Crippen molar-refractivity contribution >= 4 is 23.9 Å². The highest BCUT2D eigenvalue weighted by Crippen LogP contribution is 2.72. The van der Waals surface area contributed by atoms with Crippen molar-refractivity contribution in [3.63, 3.8) is 0 Å². The largest absolute Gasteiger partial charge is 0.459 e. The van der Waals surface area contributed by atoms with Crippen LogP contribution in [0, 0.1) is 105 Å². The molecule has 0 heterocycles. The predicted octanol–water partition coefficient (Wildman–Crippen LogP) is 23.3. The van der Waals surface area contributed by atoms with Crippen molar-refractivity contribution in [1.29, 1.82) is 0 Å². The maximum absolute atomic E-state index is 12.9. The van der Waals surface area contributed by atoms with Gasteiger partial charge in [0.2, 0.25) is 0 Å². The van der Waals surface area contributed by atoms with Crippen LogP contribution in [0.25, 0.3) is 0 Å². The van der Waals surface area contributed by atoms with Gasteiger partial charge in [-0.3, -0.25) is 19.2 Å². The monoisotopic (exact) mass is 1250 g/mol. The van der Waals surface area contributed by atoms with Gasteiger partial charge in [-0.2, -0.15) is 0 Å². The second-order valence-corrected chi connectivity index (χ2v) is 31.8. The van der Waals surface area contributed by atoms with Gasteiger partial charge in [0.05, 0.1) is 27.8 Å². The standard InChI is InChI=1S/C21H34O2.C20H32O3.C16H30O2.C14H26O2.8CH4/c1-6-20(4,5)19(22)23-21(12(2)3)11-15-10-16(21)18-14-8-7-13(9-14)17(15)18;1-5-20(3,4)19(21)23-11(2)22-16-10-14-9-15(16)18-13-7-6-12(8-13)17(14)18;1-5-15(3,4)14(17)18-16(6-2)12-10-8-7-9-11-13-16;1-6-13(4,5)12(15)16-14(11(2)3)9-7-8-10-14;;;;;;;;/h12-18H,6-11H2,1-5H3;11-18H,5-10H2,1-4H3;5-13H2,1-4H3;11H,6-10H2,1-5H3;8*1H4. The molecule has 0 amide bonds. The maximum atomic E-state index is 12.9. The Morgan fingerprint density at radius 2 is 0.818 bits per heavy atom. The van der Waals surface area contributed by atoms with Gasteiger partial charge >= 0.3 is 23.9 Å². The molecule has 10 aliphatic carbocycles. The molecule has 9 heteroatoms. The maximum Gasteiger partial charge on any atom is 0.313 e. The van der Waals surface area contributed by atoms with Crippen molar-refractivity contribution in [3.8, 4) is 0 Å². The van der Waals surface area contributed by atoms with E-state index in [1.807, 2.05) is 76.2 Å². The van der Waals surface area contributed by atoms with Crippen molar-refractivity contribution in [1.82, 2.24) is 0 Å². The third kappa shape index (κ3) is 18.2. The minimum absolute atomic E-state index is 0. The number of carbonyl (C=O) groups excluding carboxylic acids is 4. The number of fused-ring (bicyclic) bond motifs is 18. The van der Waals surface area contributed by atoms with Gasteiger partial charge in [-0.15, -0.1) is 0 Å². The van der Waals surface area contributed by atoms with E-state index in [1.165, 1.54) is 103 Å². The second-order valence-electron chi connectivity index (χ2n) is 31.8. The molecule has 88 heavy (non-hydrogen) atoms. The molecule has 0 aromatic rings. The Hall–Kier alpha value is -2.16. The minimum atomic E-state index is -0.415. The van der Waals surface area contributed by atoms with Crippen LogP contribution in [0.2, 0.25) is 0 Å². The molecule has 0 spiro atoms. The van der Waals surface area contributed by atoms with Gasteiger partial charge in [0.15, 0.2) is 6.29 Å². The third-order valence-corrected chi connectivity index (χ3v) is 25.2. The average molecular weight is 1250 g/mol. The molecule has 0 aromatic heterocycles. The molecule has 10 rings (SSSR count). The van der Waals surface area contributed by atoms with Crippen LogP contribution in [0.1, 0.15) is 351 Å². The molecular formula is C79H154O9. The molecule has 9 nitrogen and oxygen atoms in total. The first-order chi connectivity index (χ1) is 37.5. The summed E-state index contributed by atoms with van der Waals surface area (Å²) >= 11 is 0. The topological polar surface area (TPSA) is 114 Å². The van der Waals surface area contributed by atoms with Crippen LogP contribution in [0.3, 0.4) is 0 Å². The van der Waals surface area contributed by atoms with E-state index in [-0.39, 0.29) is 116 Å². The zero-order chi connectivity index (χ0) is 59.0. The Kier molecular flexibility index (Phi) is 34.8. The molecule has 0 aromatic carbocycles. The Bertz CT molecular complexity index is 2070. The van der Waals surface area contributed by atoms with Crippen LogP contribution < -0.4 is 0 Å². The first kappa shape index (κ1) is 87.9. The predicted molar refractivity (Wildman–Crippen MR) is 376 cm³/mol. The summed E-state index contributed by atoms with van der Waals surface area (Å²) in [6.45, 7) is 37.1. The van der Waals surface area contributed by atoms with Crippen LogP contribution in [0.15, 0.2) is 0 Å². The van der Waals surface area contributed by atoms with E-state index < -0.39 is 11.7 Å². The summed E-state index contributed by atoms with van der Waals surface area (Å²) in [4.78, 5) is 49.5.